The van der Waals surface area contributed by atoms with Crippen LogP contribution in [-0.2, 0) is 14.4 Å². The summed E-state index contributed by atoms with van der Waals surface area (Å²) in [6.07, 6.45) is -0.374. The minimum Gasteiger partial charge on any atom is -0.481 e. The number of carbonyl (C=O) groups excluding carboxylic acids is 2. The second kappa shape index (κ2) is 3.92. The van der Waals surface area contributed by atoms with Crippen molar-refractivity contribution in [3.05, 3.63) is 11.1 Å². The van der Waals surface area contributed by atoms with E-state index in [9.17, 15) is 14.4 Å². The first-order valence-electron chi connectivity index (χ1n) is 4.74. The van der Waals surface area contributed by atoms with Crippen molar-refractivity contribution in [2.45, 2.75) is 13.3 Å². The lowest BCUT2D eigenvalue weighted by Gasteiger charge is -2.12. The van der Waals surface area contributed by atoms with Crippen molar-refractivity contribution < 1.29 is 20.9 Å². The zero-order chi connectivity index (χ0) is 12.3. The van der Waals surface area contributed by atoms with Gasteiger partial charge in [0.2, 0.25) is 0 Å². The van der Waals surface area contributed by atoms with Gasteiger partial charge in [-0.15, -0.1) is 0 Å². The number of hydrogen-bond acceptors (Lipinski definition) is 4. The van der Waals surface area contributed by atoms with Gasteiger partial charge in [-0.3, -0.25) is 19.3 Å². The van der Waals surface area contributed by atoms with E-state index >= 15 is 0 Å². The molecule has 1 aliphatic rings. The van der Waals surface area contributed by atoms with Gasteiger partial charge < -0.3 is 5.11 Å². The molecule has 1 aliphatic heterocycles. The number of amides is 2. The highest BCUT2D eigenvalue weighted by atomic mass is 16.4. The van der Waals surface area contributed by atoms with Crippen molar-refractivity contribution in [3.8, 4) is 6.07 Å². The van der Waals surface area contributed by atoms with E-state index in [1.54, 1.807) is 6.07 Å². The Balaban J connectivity index is 2.89. The first kappa shape index (κ1) is 9.40. The highest BCUT2D eigenvalue weighted by Crippen LogP contribution is 2.19. The van der Waals surface area contributed by atoms with E-state index < -0.39 is 24.7 Å². The Morgan fingerprint density at radius 1 is 1.60 bits per heavy atom. The number of nitriles is 1. The van der Waals surface area contributed by atoms with E-state index in [0.29, 0.717) is 4.90 Å². The van der Waals surface area contributed by atoms with Crippen LogP contribution in [0.1, 0.15) is 14.7 Å². The summed E-state index contributed by atoms with van der Waals surface area (Å²) in [5.74, 6) is -2.69. The Bertz CT molecular complexity index is 435. The van der Waals surface area contributed by atoms with Crippen molar-refractivity contribution >= 4 is 17.8 Å². The standard InChI is InChI=1S/C9H8N2O4/c1-5-6(4-10)9(15)11(8(5)14)3-2-7(12)13/h2-3H2,1H3,(H,12,13)/i1D. The van der Waals surface area contributed by atoms with Gasteiger partial charge in [0, 0.05) is 13.5 Å². The average Bonchev–Trinajstić information content (AvgIpc) is 2.46. The van der Waals surface area contributed by atoms with Gasteiger partial charge in [-0.25, -0.2) is 0 Å². The molecule has 6 heteroatoms. The van der Waals surface area contributed by atoms with Crippen molar-refractivity contribution in [1.82, 2.24) is 4.90 Å². The molecule has 6 nitrogen and oxygen atoms in total. The molecule has 0 aromatic rings. The third kappa shape index (κ3) is 1.86. The van der Waals surface area contributed by atoms with E-state index in [4.69, 9.17) is 11.7 Å². The fourth-order valence-corrected chi connectivity index (χ4v) is 1.15. The molecule has 1 N–H and O–H groups in total. The molecule has 2 amide bonds. The summed E-state index contributed by atoms with van der Waals surface area (Å²) >= 11 is 0. The summed E-state index contributed by atoms with van der Waals surface area (Å²) in [6.45, 7) is -0.737. The quantitative estimate of drug-likeness (QED) is 0.641. The smallest absolute Gasteiger partial charge is 0.305 e. The number of imide groups is 1. The van der Waals surface area contributed by atoms with Crippen molar-refractivity contribution in [3.63, 3.8) is 0 Å². The molecule has 0 aliphatic carbocycles. The van der Waals surface area contributed by atoms with Gasteiger partial charge >= 0.3 is 5.97 Å². The van der Waals surface area contributed by atoms with E-state index in [1.165, 1.54) is 0 Å². The Morgan fingerprint density at radius 2 is 2.27 bits per heavy atom. The largest absolute Gasteiger partial charge is 0.481 e. The molecule has 0 aromatic carbocycles. The second-order valence-electron chi connectivity index (χ2n) is 2.87. The van der Waals surface area contributed by atoms with E-state index in [2.05, 4.69) is 0 Å². The lowest BCUT2D eigenvalue weighted by atomic mass is 10.2. The van der Waals surface area contributed by atoms with Gasteiger partial charge in [0.1, 0.15) is 11.6 Å². The maximum atomic E-state index is 11.5. The molecule has 1 rings (SSSR count). The van der Waals surface area contributed by atoms with Crippen LogP contribution in [0.25, 0.3) is 0 Å². The Kier molecular flexibility index (Phi) is 2.46. The zero-order valence-electron chi connectivity index (χ0n) is 8.69. The molecule has 0 fully saturated rings. The molecule has 0 radical (unpaired) electrons. The van der Waals surface area contributed by atoms with Crippen LogP contribution >= 0.6 is 0 Å². The van der Waals surface area contributed by atoms with E-state index in [-0.39, 0.29) is 24.1 Å². The van der Waals surface area contributed by atoms with Crippen LogP contribution in [0, 0.1) is 11.3 Å². The SMILES string of the molecule is [2H]CC1=C(C#N)C(=O)N(CCC(=O)O)C1=O. The molecule has 0 saturated heterocycles. The van der Waals surface area contributed by atoms with Crippen molar-refractivity contribution in [2.75, 3.05) is 6.54 Å². The highest BCUT2D eigenvalue weighted by Gasteiger charge is 2.35. The number of carbonyl (C=O) groups is 3. The van der Waals surface area contributed by atoms with Gasteiger partial charge in [-0.1, -0.05) is 0 Å². The summed E-state index contributed by atoms with van der Waals surface area (Å²) in [5.41, 5.74) is -0.525. The van der Waals surface area contributed by atoms with E-state index in [0.717, 1.165) is 0 Å². The molecular formula is C9H8N2O4. The van der Waals surface area contributed by atoms with Gasteiger partial charge in [0.05, 0.1) is 6.42 Å². The molecule has 0 atom stereocenters. The third-order valence-corrected chi connectivity index (χ3v) is 1.93. The fourth-order valence-electron chi connectivity index (χ4n) is 1.15. The number of hydrogen-bond donors (Lipinski definition) is 1. The van der Waals surface area contributed by atoms with Gasteiger partial charge in [0.25, 0.3) is 11.8 Å². The molecule has 0 bridgehead atoms. The van der Waals surface area contributed by atoms with Gasteiger partial charge in [0.15, 0.2) is 0 Å². The number of aliphatic carboxylic acids is 1. The first-order chi connectivity index (χ1) is 7.52. The summed E-state index contributed by atoms with van der Waals surface area (Å²) in [4.78, 5) is 34.0. The molecule has 0 unspecified atom stereocenters. The highest BCUT2D eigenvalue weighted by molar-refractivity contribution is 6.21. The minimum atomic E-state index is -1.14. The average molecular weight is 209 g/mol. The van der Waals surface area contributed by atoms with Gasteiger partial charge in [-0.2, -0.15) is 5.26 Å². The maximum absolute atomic E-state index is 11.5. The maximum Gasteiger partial charge on any atom is 0.305 e. The molecule has 78 valence electrons. The van der Waals surface area contributed by atoms with Crippen molar-refractivity contribution in [2.24, 2.45) is 0 Å². The molecule has 1 heterocycles. The topological polar surface area (TPSA) is 98.5 Å². The second-order valence-corrected chi connectivity index (χ2v) is 2.87. The summed E-state index contributed by atoms with van der Waals surface area (Å²) in [6, 6.07) is 1.56. The summed E-state index contributed by atoms with van der Waals surface area (Å²) in [5, 5.41) is 17.1. The van der Waals surface area contributed by atoms with Crippen LogP contribution in [0.4, 0.5) is 0 Å². The normalized spacial score (nSPS) is 16.7. The first-order valence-corrected chi connectivity index (χ1v) is 4.03. The minimum absolute atomic E-state index is 0.169. The molecular weight excluding hydrogens is 200 g/mol. The lowest BCUT2D eigenvalue weighted by Crippen LogP contribution is -2.33. The lowest BCUT2D eigenvalue weighted by molar-refractivity contribution is -0.140. The zero-order valence-corrected chi connectivity index (χ0v) is 7.69. The molecule has 0 saturated carbocycles. The van der Waals surface area contributed by atoms with Crippen LogP contribution in [-0.4, -0.2) is 34.3 Å². The van der Waals surface area contributed by atoms with Crippen LogP contribution < -0.4 is 0 Å². The Morgan fingerprint density at radius 3 is 2.67 bits per heavy atom. The number of carboxylic acid groups (broad SMARTS) is 1. The monoisotopic (exact) mass is 209 g/mol. The Labute approximate surface area is 86.8 Å². The van der Waals surface area contributed by atoms with Crippen LogP contribution in [0.5, 0.6) is 0 Å². The molecule has 0 aromatic heterocycles. The predicted octanol–water partition coefficient (Wildman–Crippen LogP) is -0.330. The summed E-state index contributed by atoms with van der Waals surface area (Å²) in [7, 11) is 0. The molecule has 15 heavy (non-hydrogen) atoms. The number of carboxylic acids is 1. The summed E-state index contributed by atoms with van der Waals surface area (Å²) < 4.78 is 7.04. The van der Waals surface area contributed by atoms with E-state index in [1.807, 2.05) is 0 Å². The molecule has 0 spiro atoms. The third-order valence-electron chi connectivity index (χ3n) is 1.93. The van der Waals surface area contributed by atoms with Crippen LogP contribution in [0.3, 0.4) is 0 Å². The fraction of sp³-hybridized carbons (Fsp3) is 0.333. The number of rotatable bonds is 3. The Hall–Kier alpha value is -2.16. The van der Waals surface area contributed by atoms with Crippen LogP contribution in [0.15, 0.2) is 11.1 Å². The van der Waals surface area contributed by atoms with Crippen molar-refractivity contribution in [1.29, 1.82) is 5.26 Å². The van der Waals surface area contributed by atoms with Gasteiger partial charge in [-0.05, 0) is 6.90 Å². The number of nitrogens with zero attached hydrogens (tertiary/aromatic N) is 2. The van der Waals surface area contributed by atoms with Crippen LogP contribution in [0.2, 0.25) is 0 Å². The predicted molar refractivity (Wildman–Crippen MR) is 47.3 cm³/mol.